The van der Waals surface area contributed by atoms with Crippen molar-refractivity contribution in [2.75, 3.05) is 6.61 Å². The van der Waals surface area contributed by atoms with Crippen molar-refractivity contribution in [2.45, 2.75) is 6.10 Å². The third-order valence-electron chi connectivity index (χ3n) is 0.966. The van der Waals surface area contributed by atoms with E-state index in [9.17, 15) is 9.18 Å². The van der Waals surface area contributed by atoms with Gasteiger partial charge in [-0.15, -0.1) is 0 Å². The fourth-order valence-electron chi connectivity index (χ4n) is 0.549. The second kappa shape index (κ2) is 2.14. The second-order valence-electron chi connectivity index (χ2n) is 1.64. The molecule has 0 radical (unpaired) electrons. The van der Waals surface area contributed by atoms with Crippen LogP contribution >= 0.6 is 0 Å². The fraction of sp³-hybridized carbons (Fsp3) is 0.400. The van der Waals surface area contributed by atoms with Crippen LogP contribution in [0.2, 0.25) is 0 Å². The van der Waals surface area contributed by atoms with Gasteiger partial charge in [-0.2, -0.15) is 4.39 Å². The third-order valence-corrected chi connectivity index (χ3v) is 0.966. The molecule has 1 unspecified atom stereocenters. The maximum Gasteiger partial charge on any atom is 0.367 e. The number of cyclic esters (lactones) is 1. The Hall–Kier alpha value is -0.900. The minimum Gasteiger partial charge on any atom is -0.450 e. The molecule has 4 heteroatoms. The lowest BCUT2D eigenvalue weighted by Crippen LogP contribution is -2.11. The van der Waals surface area contributed by atoms with Gasteiger partial charge in [0.1, 0.15) is 6.10 Å². The van der Waals surface area contributed by atoms with E-state index < -0.39 is 17.9 Å². The van der Waals surface area contributed by atoms with Crippen molar-refractivity contribution in [3.8, 4) is 0 Å². The minimum atomic E-state index is -0.992. The highest BCUT2D eigenvalue weighted by molar-refractivity contribution is 5.88. The summed E-state index contributed by atoms with van der Waals surface area (Å²) in [6.45, 7) is -0.362. The largest absolute Gasteiger partial charge is 0.450 e. The molecular weight excluding hydrogens is 127 g/mol. The summed E-state index contributed by atoms with van der Waals surface area (Å²) in [6.07, 6.45) is 0.167. The van der Waals surface area contributed by atoms with Crippen molar-refractivity contribution in [1.82, 2.24) is 0 Å². The summed E-state index contributed by atoms with van der Waals surface area (Å²) in [5, 5.41) is 8.31. The molecule has 0 saturated heterocycles. The molecule has 0 fully saturated rings. The zero-order chi connectivity index (χ0) is 6.85. The first-order chi connectivity index (χ1) is 4.24. The molecule has 1 aliphatic rings. The van der Waals surface area contributed by atoms with E-state index in [1.54, 1.807) is 0 Å². The summed E-state index contributed by atoms with van der Waals surface area (Å²) in [7, 11) is 0. The van der Waals surface area contributed by atoms with Gasteiger partial charge in [0.05, 0.1) is 6.61 Å². The molecule has 0 saturated carbocycles. The number of carbonyl (C=O) groups is 1. The van der Waals surface area contributed by atoms with Crippen LogP contribution in [0.25, 0.3) is 0 Å². The summed E-state index contributed by atoms with van der Waals surface area (Å²) in [5.74, 6) is -1.91. The molecule has 3 nitrogen and oxygen atoms in total. The van der Waals surface area contributed by atoms with Gasteiger partial charge in [-0.25, -0.2) is 4.79 Å². The van der Waals surface area contributed by atoms with Gasteiger partial charge in [0, 0.05) is 6.08 Å². The van der Waals surface area contributed by atoms with Crippen LogP contribution in [0, 0.1) is 0 Å². The van der Waals surface area contributed by atoms with Gasteiger partial charge in [-0.05, 0) is 0 Å². The van der Waals surface area contributed by atoms with Gasteiger partial charge in [0.15, 0.2) is 0 Å². The number of hydrogen-bond donors (Lipinski definition) is 1. The number of esters is 1. The average molecular weight is 132 g/mol. The maximum absolute atomic E-state index is 12.0. The average Bonchev–Trinajstić information content (AvgIpc) is 2.13. The monoisotopic (exact) mass is 132 g/mol. The molecule has 1 N–H and O–H groups in total. The quantitative estimate of drug-likeness (QED) is 0.501. The molecule has 1 heterocycles. The SMILES string of the molecule is O=C1OC(CO)C=C1F. The van der Waals surface area contributed by atoms with Gasteiger partial charge in [0.25, 0.3) is 0 Å². The Kier molecular flexibility index (Phi) is 1.48. The molecular formula is C5H5FO3. The first-order valence-electron chi connectivity index (χ1n) is 2.43. The molecule has 0 aromatic carbocycles. The summed E-state index contributed by atoms with van der Waals surface area (Å²) < 4.78 is 16.3. The lowest BCUT2D eigenvalue weighted by atomic mass is 10.4. The molecule has 1 atom stereocenters. The summed E-state index contributed by atoms with van der Waals surface area (Å²) >= 11 is 0. The molecule has 9 heavy (non-hydrogen) atoms. The first kappa shape index (κ1) is 6.22. The van der Waals surface area contributed by atoms with Crippen molar-refractivity contribution in [3.05, 3.63) is 11.9 Å². The lowest BCUT2D eigenvalue weighted by Gasteiger charge is -1.99. The van der Waals surface area contributed by atoms with Crippen LogP contribution in [0.5, 0.6) is 0 Å². The van der Waals surface area contributed by atoms with E-state index in [2.05, 4.69) is 4.74 Å². The standard InChI is InChI=1S/C5H5FO3/c6-4-1-3(2-7)9-5(4)8/h1,3,7H,2H2. The van der Waals surface area contributed by atoms with Crippen molar-refractivity contribution in [2.24, 2.45) is 0 Å². The van der Waals surface area contributed by atoms with Crippen LogP contribution in [-0.2, 0) is 9.53 Å². The minimum absolute atomic E-state index is 0.362. The van der Waals surface area contributed by atoms with Crippen LogP contribution < -0.4 is 0 Å². The fourth-order valence-corrected chi connectivity index (χ4v) is 0.549. The Balaban J connectivity index is 2.62. The first-order valence-corrected chi connectivity index (χ1v) is 2.43. The van der Waals surface area contributed by atoms with E-state index in [1.807, 2.05) is 0 Å². The van der Waals surface area contributed by atoms with Gasteiger partial charge in [-0.3, -0.25) is 0 Å². The second-order valence-corrected chi connectivity index (χ2v) is 1.64. The van der Waals surface area contributed by atoms with Crippen LogP contribution in [-0.4, -0.2) is 23.8 Å². The molecule has 1 rings (SSSR count). The molecule has 0 spiro atoms. The van der Waals surface area contributed by atoms with Crippen molar-refractivity contribution in [1.29, 1.82) is 0 Å². The Morgan fingerprint density at radius 2 is 2.56 bits per heavy atom. The molecule has 1 aliphatic heterocycles. The van der Waals surface area contributed by atoms with Crippen LogP contribution in [0.1, 0.15) is 0 Å². The van der Waals surface area contributed by atoms with Crippen molar-refractivity contribution in [3.63, 3.8) is 0 Å². The van der Waals surface area contributed by atoms with E-state index in [0.29, 0.717) is 0 Å². The van der Waals surface area contributed by atoms with E-state index in [0.717, 1.165) is 6.08 Å². The predicted molar refractivity (Wildman–Crippen MR) is 26.2 cm³/mol. The van der Waals surface area contributed by atoms with Gasteiger partial charge in [-0.1, -0.05) is 0 Å². The van der Waals surface area contributed by atoms with E-state index in [1.165, 1.54) is 0 Å². The number of ether oxygens (including phenoxy) is 1. The Morgan fingerprint density at radius 3 is 2.78 bits per heavy atom. The van der Waals surface area contributed by atoms with Gasteiger partial charge >= 0.3 is 5.97 Å². The number of aliphatic hydroxyl groups is 1. The van der Waals surface area contributed by atoms with E-state index in [4.69, 9.17) is 5.11 Å². The Bertz CT molecular complexity index is 164. The zero-order valence-corrected chi connectivity index (χ0v) is 4.50. The number of rotatable bonds is 1. The molecule has 0 amide bonds. The lowest BCUT2D eigenvalue weighted by molar-refractivity contribution is -0.142. The Labute approximate surface area is 50.7 Å². The molecule has 50 valence electrons. The Morgan fingerprint density at radius 1 is 1.89 bits per heavy atom. The van der Waals surface area contributed by atoms with Crippen LogP contribution in [0.3, 0.4) is 0 Å². The highest BCUT2D eigenvalue weighted by Gasteiger charge is 2.24. The highest BCUT2D eigenvalue weighted by atomic mass is 19.1. The molecule has 0 aliphatic carbocycles. The van der Waals surface area contributed by atoms with Crippen LogP contribution in [0.4, 0.5) is 4.39 Å². The van der Waals surface area contributed by atoms with E-state index >= 15 is 0 Å². The van der Waals surface area contributed by atoms with E-state index in [-0.39, 0.29) is 6.61 Å². The van der Waals surface area contributed by atoms with Crippen LogP contribution in [0.15, 0.2) is 11.9 Å². The zero-order valence-electron chi connectivity index (χ0n) is 4.50. The molecule has 0 aromatic rings. The summed E-state index contributed by atoms with van der Waals surface area (Å²) in [5.41, 5.74) is 0. The summed E-state index contributed by atoms with van der Waals surface area (Å²) in [4.78, 5) is 10.2. The molecule has 0 bridgehead atoms. The molecule has 0 aromatic heterocycles. The number of carbonyl (C=O) groups excluding carboxylic acids is 1. The summed E-state index contributed by atoms with van der Waals surface area (Å²) in [6, 6.07) is 0. The van der Waals surface area contributed by atoms with Gasteiger partial charge in [0.2, 0.25) is 5.83 Å². The highest BCUT2D eigenvalue weighted by Crippen LogP contribution is 2.13. The number of halogens is 1. The number of hydrogen-bond acceptors (Lipinski definition) is 3. The van der Waals surface area contributed by atoms with Crippen molar-refractivity contribution < 1.29 is 19.0 Å². The smallest absolute Gasteiger partial charge is 0.367 e. The predicted octanol–water partition coefficient (Wildman–Crippen LogP) is -0.242. The number of aliphatic hydroxyl groups excluding tert-OH is 1. The van der Waals surface area contributed by atoms with Gasteiger partial charge < -0.3 is 9.84 Å². The van der Waals surface area contributed by atoms with Crippen molar-refractivity contribution >= 4 is 5.97 Å². The third kappa shape index (κ3) is 1.08. The maximum atomic E-state index is 12.0. The topological polar surface area (TPSA) is 46.5 Å². The normalized spacial score (nSPS) is 25.8.